The molecule has 0 aliphatic heterocycles. The lowest BCUT2D eigenvalue weighted by molar-refractivity contribution is 0.488. The van der Waals surface area contributed by atoms with Gasteiger partial charge in [-0.2, -0.15) is 0 Å². The van der Waals surface area contributed by atoms with Gasteiger partial charge in [-0.1, -0.05) is 0 Å². The number of hydrogen-bond acceptors (Lipinski definition) is 6. The zero-order chi connectivity index (χ0) is 13.4. The van der Waals surface area contributed by atoms with Gasteiger partial charge >= 0.3 is 0 Å². The van der Waals surface area contributed by atoms with Crippen molar-refractivity contribution in [3.05, 3.63) is 35.7 Å². The van der Waals surface area contributed by atoms with Crippen molar-refractivity contribution in [1.29, 1.82) is 0 Å². The topological polar surface area (TPSA) is 77.8 Å². The normalized spacial score (nSPS) is 11.1. The molecule has 2 aromatic heterocycles. The number of benzene rings is 1. The molecule has 0 saturated heterocycles. The first-order valence-electron chi connectivity index (χ1n) is 5.76. The minimum absolute atomic E-state index is 0.519. The summed E-state index contributed by atoms with van der Waals surface area (Å²) < 4.78 is 5.62. The van der Waals surface area contributed by atoms with Gasteiger partial charge in [0.1, 0.15) is 5.52 Å². The standard InChI is InChI=1S/C13H12N4OS/c1-7-5-8(2)16-12(15-7)19-13-17-10-4-3-9(14)6-11(10)18-13/h3-6H,14H2,1-2H3. The summed E-state index contributed by atoms with van der Waals surface area (Å²) in [7, 11) is 0. The molecule has 0 radical (unpaired) electrons. The lowest BCUT2D eigenvalue weighted by Crippen LogP contribution is -1.92. The Morgan fingerprint density at radius 2 is 1.79 bits per heavy atom. The lowest BCUT2D eigenvalue weighted by Gasteiger charge is -1.99. The van der Waals surface area contributed by atoms with Crippen molar-refractivity contribution in [2.45, 2.75) is 24.2 Å². The summed E-state index contributed by atoms with van der Waals surface area (Å²) in [6, 6.07) is 7.32. The monoisotopic (exact) mass is 272 g/mol. The van der Waals surface area contributed by atoms with Crippen molar-refractivity contribution in [3.63, 3.8) is 0 Å². The van der Waals surface area contributed by atoms with Gasteiger partial charge in [0.2, 0.25) is 0 Å². The van der Waals surface area contributed by atoms with E-state index < -0.39 is 0 Å². The summed E-state index contributed by atoms with van der Waals surface area (Å²) in [6.45, 7) is 3.87. The largest absolute Gasteiger partial charge is 0.431 e. The van der Waals surface area contributed by atoms with Crippen molar-refractivity contribution in [2.24, 2.45) is 0 Å². The number of rotatable bonds is 2. The molecule has 96 valence electrons. The summed E-state index contributed by atoms with van der Waals surface area (Å²) in [5.41, 5.74) is 9.67. The number of oxazole rings is 1. The molecule has 0 saturated carbocycles. The van der Waals surface area contributed by atoms with Gasteiger partial charge in [0.25, 0.3) is 5.22 Å². The molecule has 1 aromatic carbocycles. The van der Waals surface area contributed by atoms with Gasteiger partial charge < -0.3 is 10.2 Å². The summed E-state index contributed by atoms with van der Waals surface area (Å²) in [6.07, 6.45) is 0. The van der Waals surface area contributed by atoms with E-state index in [1.807, 2.05) is 26.0 Å². The average molecular weight is 272 g/mol. The minimum atomic E-state index is 0.519. The Kier molecular flexibility index (Phi) is 2.87. The highest BCUT2D eigenvalue weighted by molar-refractivity contribution is 7.98. The number of nitrogen functional groups attached to an aromatic ring is 1. The maximum atomic E-state index is 5.71. The van der Waals surface area contributed by atoms with Crippen LogP contribution in [-0.2, 0) is 0 Å². The van der Waals surface area contributed by atoms with Crippen LogP contribution < -0.4 is 5.73 Å². The highest BCUT2D eigenvalue weighted by Crippen LogP contribution is 2.28. The molecular formula is C13H12N4OS. The SMILES string of the molecule is Cc1cc(C)nc(Sc2nc3ccc(N)cc3o2)n1. The van der Waals surface area contributed by atoms with Gasteiger partial charge in [0, 0.05) is 34.9 Å². The van der Waals surface area contributed by atoms with Crippen LogP contribution in [0.15, 0.2) is 39.1 Å². The molecule has 0 bridgehead atoms. The third-order valence-corrected chi connectivity index (χ3v) is 3.25. The minimum Gasteiger partial charge on any atom is -0.431 e. The van der Waals surface area contributed by atoms with Gasteiger partial charge in [-0.05, 0) is 32.0 Å². The predicted octanol–water partition coefficient (Wildman–Crippen LogP) is 2.97. The number of hydrogen-bond donors (Lipinski definition) is 1. The quantitative estimate of drug-likeness (QED) is 0.571. The molecule has 2 N–H and O–H groups in total. The number of nitrogens with two attached hydrogens (primary N) is 1. The number of fused-ring (bicyclic) bond motifs is 1. The van der Waals surface area contributed by atoms with E-state index in [9.17, 15) is 0 Å². The van der Waals surface area contributed by atoms with Crippen LogP contribution in [0.3, 0.4) is 0 Å². The first-order valence-corrected chi connectivity index (χ1v) is 6.58. The van der Waals surface area contributed by atoms with E-state index in [2.05, 4.69) is 15.0 Å². The Morgan fingerprint density at radius 1 is 1.05 bits per heavy atom. The molecule has 0 unspecified atom stereocenters. The maximum absolute atomic E-state index is 5.71. The predicted molar refractivity (Wildman–Crippen MR) is 74.1 cm³/mol. The highest BCUT2D eigenvalue weighted by Gasteiger charge is 2.10. The fraction of sp³-hybridized carbons (Fsp3) is 0.154. The smallest absolute Gasteiger partial charge is 0.264 e. The number of nitrogens with zero attached hydrogens (tertiary/aromatic N) is 3. The van der Waals surface area contributed by atoms with Crippen LogP contribution in [-0.4, -0.2) is 15.0 Å². The maximum Gasteiger partial charge on any atom is 0.264 e. The Hall–Kier alpha value is -2.08. The van der Waals surface area contributed by atoms with Crippen LogP contribution in [0.1, 0.15) is 11.4 Å². The lowest BCUT2D eigenvalue weighted by atomic mass is 10.3. The average Bonchev–Trinajstić information content (AvgIpc) is 2.68. The van der Waals surface area contributed by atoms with E-state index in [4.69, 9.17) is 10.2 Å². The summed E-state index contributed by atoms with van der Waals surface area (Å²) in [4.78, 5) is 13.1. The van der Waals surface area contributed by atoms with Gasteiger partial charge in [0.05, 0.1) is 0 Å². The molecule has 0 aliphatic carbocycles. The first-order chi connectivity index (χ1) is 9.10. The van der Waals surface area contributed by atoms with Crippen LogP contribution in [0.4, 0.5) is 5.69 Å². The fourth-order valence-corrected chi connectivity index (χ4v) is 2.59. The fourth-order valence-electron chi connectivity index (χ4n) is 1.78. The van der Waals surface area contributed by atoms with E-state index in [1.54, 1.807) is 12.1 Å². The Bertz CT molecular complexity index is 733. The Morgan fingerprint density at radius 3 is 2.53 bits per heavy atom. The molecule has 0 fully saturated rings. The Balaban J connectivity index is 1.96. The molecular weight excluding hydrogens is 260 g/mol. The number of aromatic nitrogens is 3. The van der Waals surface area contributed by atoms with E-state index in [1.165, 1.54) is 11.8 Å². The Labute approximate surface area is 114 Å². The molecule has 0 amide bonds. The van der Waals surface area contributed by atoms with Gasteiger partial charge in [-0.3, -0.25) is 0 Å². The van der Waals surface area contributed by atoms with Crippen molar-refractivity contribution in [2.75, 3.05) is 5.73 Å². The zero-order valence-corrected chi connectivity index (χ0v) is 11.4. The van der Waals surface area contributed by atoms with Crippen LogP contribution in [0, 0.1) is 13.8 Å². The molecule has 0 atom stereocenters. The van der Waals surface area contributed by atoms with Gasteiger partial charge in [0.15, 0.2) is 10.7 Å². The highest BCUT2D eigenvalue weighted by atomic mass is 32.2. The third-order valence-electron chi connectivity index (χ3n) is 2.53. The van der Waals surface area contributed by atoms with Crippen LogP contribution in [0.5, 0.6) is 0 Å². The molecule has 19 heavy (non-hydrogen) atoms. The van der Waals surface area contributed by atoms with Crippen LogP contribution >= 0.6 is 11.8 Å². The molecule has 0 spiro atoms. The first kappa shape index (κ1) is 12.0. The van der Waals surface area contributed by atoms with E-state index in [0.717, 1.165) is 16.9 Å². The zero-order valence-electron chi connectivity index (χ0n) is 10.5. The van der Waals surface area contributed by atoms with E-state index in [0.29, 0.717) is 21.6 Å². The third kappa shape index (κ3) is 2.53. The van der Waals surface area contributed by atoms with Gasteiger partial charge in [-0.25, -0.2) is 15.0 Å². The second kappa shape index (κ2) is 4.55. The van der Waals surface area contributed by atoms with Crippen LogP contribution in [0.25, 0.3) is 11.1 Å². The van der Waals surface area contributed by atoms with Crippen molar-refractivity contribution >= 4 is 28.5 Å². The summed E-state index contributed by atoms with van der Waals surface area (Å²) in [5, 5.41) is 1.16. The second-order valence-corrected chi connectivity index (χ2v) is 5.16. The van der Waals surface area contributed by atoms with E-state index >= 15 is 0 Å². The molecule has 0 aliphatic rings. The molecule has 3 rings (SSSR count). The van der Waals surface area contributed by atoms with Crippen LogP contribution in [0.2, 0.25) is 0 Å². The van der Waals surface area contributed by atoms with Crippen molar-refractivity contribution in [1.82, 2.24) is 15.0 Å². The van der Waals surface area contributed by atoms with Crippen molar-refractivity contribution < 1.29 is 4.42 Å². The number of aryl methyl sites for hydroxylation is 2. The molecule has 6 heteroatoms. The van der Waals surface area contributed by atoms with Gasteiger partial charge in [-0.15, -0.1) is 0 Å². The molecule has 5 nitrogen and oxygen atoms in total. The summed E-state index contributed by atoms with van der Waals surface area (Å²) >= 11 is 1.31. The van der Waals surface area contributed by atoms with E-state index in [-0.39, 0.29) is 0 Å². The molecule has 3 aromatic rings. The summed E-state index contributed by atoms with van der Waals surface area (Å²) in [5.74, 6) is 0. The van der Waals surface area contributed by atoms with Crippen molar-refractivity contribution in [3.8, 4) is 0 Å². The molecule has 2 heterocycles. The second-order valence-electron chi connectivity index (χ2n) is 4.24. The number of anilines is 1.